The third-order valence-electron chi connectivity index (χ3n) is 4.26. The third kappa shape index (κ3) is 3.46. The molecular formula is C17H18F3N5O2. The number of hydrogen-bond acceptors (Lipinski definition) is 6. The van der Waals surface area contributed by atoms with Gasteiger partial charge in [0.05, 0.1) is 14.2 Å². The molecule has 0 saturated carbocycles. The molecule has 0 amide bonds. The number of hydrogen-bond donors (Lipinski definition) is 1. The molecule has 7 nitrogen and oxygen atoms in total. The van der Waals surface area contributed by atoms with E-state index >= 15 is 0 Å². The van der Waals surface area contributed by atoms with Gasteiger partial charge >= 0.3 is 6.18 Å². The lowest BCUT2D eigenvalue weighted by Crippen LogP contribution is -2.15. The van der Waals surface area contributed by atoms with Gasteiger partial charge in [-0.25, -0.2) is 0 Å². The minimum absolute atomic E-state index is 0.0801. The zero-order valence-electron chi connectivity index (χ0n) is 15.2. The number of nitrogens with zero attached hydrogens (tertiary/aromatic N) is 4. The number of rotatable bonds is 5. The highest BCUT2D eigenvalue weighted by atomic mass is 19.4. The molecule has 0 aliphatic rings. The minimum Gasteiger partial charge on any atom is -0.493 e. The maximum atomic E-state index is 13.1. The number of aromatic nitrogens is 4. The summed E-state index contributed by atoms with van der Waals surface area (Å²) in [6.45, 7) is 3.78. The van der Waals surface area contributed by atoms with E-state index < -0.39 is 12.0 Å². The van der Waals surface area contributed by atoms with Gasteiger partial charge in [0.1, 0.15) is 0 Å². The number of benzene rings is 1. The van der Waals surface area contributed by atoms with Crippen molar-refractivity contribution in [1.29, 1.82) is 0 Å². The lowest BCUT2D eigenvalue weighted by molar-refractivity contribution is -0.146. The van der Waals surface area contributed by atoms with Crippen molar-refractivity contribution >= 4 is 11.5 Å². The number of methoxy groups -OCH3 is 2. The van der Waals surface area contributed by atoms with Gasteiger partial charge in [0.2, 0.25) is 0 Å². The molecule has 0 atom stereocenters. The average Bonchev–Trinajstić information content (AvgIpc) is 3.07. The van der Waals surface area contributed by atoms with Crippen molar-refractivity contribution < 1.29 is 22.6 Å². The molecule has 144 valence electrons. The Bertz CT molecular complexity index is 985. The molecule has 2 heterocycles. The Morgan fingerprint density at radius 2 is 1.74 bits per heavy atom. The number of alkyl halides is 3. The van der Waals surface area contributed by atoms with Crippen molar-refractivity contribution in [2.75, 3.05) is 19.5 Å². The van der Waals surface area contributed by atoms with E-state index in [1.165, 1.54) is 7.11 Å². The molecule has 0 spiro atoms. The van der Waals surface area contributed by atoms with E-state index in [-0.39, 0.29) is 5.65 Å². The van der Waals surface area contributed by atoms with Gasteiger partial charge in [-0.05, 0) is 37.1 Å². The summed E-state index contributed by atoms with van der Waals surface area (Å²) in [6.07, 6.45) is -4.64. The highest BCUT2D eigenvalue weighted by Crippen LogP contribution is 2.30. The second-order valence-electron chi connectivity index (χ2n) is 5.90. The predicted molar refractivity (Wildman–Crippen MR) is 92.1 cm³/mol. The molecule has 3 rings (SSSR count). The summed E-state index contributed by atoms with van der Waals surface area (Å²) in [5, 5.41) is 14.0. The molecule has 0 saturated heterocycles. The van der Waals surface area contributed by atoms with Crippen LogP contribution < -0.4 is 14.8 Å². The summed E-state index contributed by atoms with van der Waals surface area (Å²) in [5.74, 6) is 0.313. The first-order chi connectivity index (χ1) is 12.8. The Labute approximate surface area is 153 Å². The summed E-state index contributed by atoms with van der Waals surface area (Å²) in [7, 11) is 3.07. The standard InChI is InChI=1S/C17H18F3N5O2/c1-9-10(2)15-22-23-16(17(18,19)20)25(15)24-14(9)21-8-11-5-6-12(26-3)13(7-11)27-4/h5-7H,8H2,1-4H3,(H,21,24). The normalized spacial score (nSPS) is 11.7. The largest absolute Gasteiger partial charge is 0.493 e. The van der Waals surface area contributed by atoms with Gasteiger partial charge in [-0.1, -0.05) is 6.07 Å². The maximum absolute atomic E-state index is 13.1. The summed E-state index contributed by atoms with van der Waals surface area (Å²) in [4.78, 5) is 0. The van der Waals surface area contributed by atoms with E-state index in [0.29, 0.717) is 35.0 Å². The lowest BCUT2D eigenvalue weighted by Gasteiger charge is -2.14. The van der Waals surface area contributed by atoms with Crippen molar-refractivity contribution in [3.63, 3.8) is 0 Å². The van der Waals surface area contributed by atoms with Crippen molar-refractivity contribution in [2.24, 2.45) is 0 Å². The van der Waals surface area contributed by atoms with Gasteiger partial charge in [0.25, 0.3) is 5.82 Å². The first kappa shape index (κ1) is 18.7. The van der Waals surface area contributed by atoms with E-state index in [2.05, 4.69) is 20.6 Å². The van der Waals surface area contributed by atoms with E-state index in [1.807, 2.05) is 6.07 Å². The molecule has 0 fully saturated rings. The summed E-state index contributed by atoms with van der Waals surface area (Å²) >= 11 is 0. The Hall–Kier alpha value is -3.04. The van der Waals surface area contributed by atoms with Crippen LogP contribution in [0.1, 0.15) is 22.5 Å². The molecule has 2 aromatic heterocycles. The molecule has 0 unspecified atom stereocenters. The molecule has 0 aliphatic carbocycles. The SMILES string of the molecule is COc1ccc(CNc2nn3c(C(F)(F)F)nnc3c(C)c2C)cc1OC. The van der Waals surface area contributed by atoms with Crippen LogP contribution in [0.3, 0.4) is 0 Å². The smallest absolute Gasteiger partial charge is 0.453 e. The van der Waals surface area contributed by atoms with Crippen LogP contribution in [0.5, 0.6) is 11.5 Å². The van der Waals surface area contributed by atoms with Crippen LogP contribution in [0, 0.1) is 13.8 Å². The van der Waals surface area contributed by atoms with Gasteiger partial charge in [0, 0.05) is 12.1 Å². The molecule has 0 bridgehead atoms. The third-order valence-corrected chi connectivity index (χ3v) is 4.26. The molecular weight excluding hydrogens is 363 g/mol. The van der Waals surface area contributed by atoms with Gasteiger partial charge < -0.3 is 14.8 Å². The number of ether oxygens (including phenoxy) is 2. The van der Waals surface area contributed by atoms with Gasteiger partial charge in [0.15, 0.2) is 23.0 Å². The second kappa shape index (κ2) is 6.93. The molecule has 0 aliphatic heterocycles. The Balaban J connectivity index is 1.94. The highest BCUT2D eigenvalue weighted by Gasteiger charge is 2.38. The van der Waals surface area contributed by atoms with Crippen LogP contribution in [0.15, 0.2) is 18.2 Å². The second-order valence-corrected chi connectivity index (χ2v) is 5.90. The fourth-order valence-corrected chi connectivity index (χ4v) is 2.65. The minimum atomic E-state index is -4.64. The number of nitrogens with one attached hydrogen (secondary N) is 1. The summed E-state index contributed by atoms with van der Waals surface area (Å²) in [5.41, 5.74) is 2.20. The molecule has 1 N–H and O–H groups in total. The molecule has 0 radical (unpaired) electrons. The Kier molecular flexibility index (Phi) is 4.81. The fraction of sp³-hybridized carbons (Fsp3) is 0.353. The van der Waals surface area contributed by atoms with E-state index in [9.17, 15) is 13.2 Å². The van der Waals surface area contributed by atoms with Crippen LogP contribution in [-0.2, 0) is 12.7 Å². The highest BCUT2D eigenvalue weighted by molar-refractivity contribution is 5.58. The van der Waals surface area contributed by atoms with Crippen molar-refractivity contribution in [2.45, 2.75) is 26.6 Å². The number of anilines is 1. The maximum Gasteiger partial charge on any atom is 0.453 e. The molecule has 3 aromatic rings. The lowest BCUT2D eigenvalue weighted by atomic mass is 10.1. The fourth-order valence-electron chi connectivity index (χ4n) is 2.65. The quantitative estimate of drug-likeness (QED) is 0.730. The van der Waals surface area contributed by atoms with Gasteiger partial charge in [-0.15, -0.1) is 15.3 Å². The van der Waals surface area contributed by atoms with E-state index in [4.69, 9.17) is 9.47 Å². The van der Waals surface area contributed by atoms with Crippen LogP contribution in [0.25, 0.3) is 5.65 Å². The zero-order valence-corrected chi connectivity index (χ0v) is 15.2. The van der Waals surface area contributed by atoms with Crippen LogP contribution >= 0.6 is 0 Å². The number of aryl methyl sites for hydroxylation is 1. The summed E-state index contributed by atoms with van der Waals surface area (Å²) < 4.78 is 50.5. The zero-order chi connectivity index (χ0) is 19.8. The van der Waals surface area contributed by atoms with Crippen LogP contribution in [0.4, 0.5) is 19.0 Å². The van der Waals surface area contributed by atoms with Crippen molar-refractivity contribution in [3.8, 4) is 11.5 Å². The van der Waals surface area contributed by atoms with Crippen LogP contribution in [0.2, 0.25) is 0 Å². The van der Waals surface area contributed by atoms with Crippen LogP contribution in [-0.4, -0.2) is 34.0 Å². The Morgan fingerprint density at radius 3 is 2.37 bits per heavy atom. The van der Waals surface area contributed by atoms with Crippen molar-refractivity contribution in [3.05, 3.63) is 40.7 Å². The van der Waals surface area contributed by atoms with E-state index in [0.717, 1.165) is 10.1 Å². The average molecular weight is 381 g/mol. The monoisotopic (exact) mass is 381 g/mol. The molecule has 1 aromatic carbocycles. The number of fused-ring (bicyclic) bond motifs is 1. The van der Waals surface area contributed by atoms with E-state index in [1.54, 1.807) is 33.1 Å². The van der Waals surface area contributed by atoms with Gasteiger partial charge in [-0.2, -0.15) is 17.7 Å². The first-order valence-corrected chi connectivity index (χ1v) is 8.00. The molecule has 10 heteroatoms. The Morgan fingerprint density at radius 1 is 1.04 bits per heavy atom. The van der Waals surface area contributed by atoms with Crippen molar-refractivity contribution in [1.82, 2.24) is 19.8 Å². The first-order valence-electron chi connectivity index (χ1n) is 8.00. The summed E-state index contributed by atoms with van der Waals surface area (Å²) in [6, 6.07) is 5.37. The topological polar surface area (TPSA) is 73.6 Å². The number of halogens is 3. The molecule has 27 heavy (non-hydrogen) atoms. The van der Waals surface area contributed by atoms with Gasteiger partial charge in [-0.3, -0.25) is 0 Å². The predicted octanol–water partition coefficient (Wildman–Crippen LogP) is 3.39.